The lowest BCUT2D eigenvalue weighted by atomic mass is 10.1. The van der Waals surface area contributed by atoms with Crippen molar-refractivity contribution in [3.63, 3.8) is 0 Å². The number of nitrogens with zero attached hydrogens (tertiary/aromatic N) is 1. The molecule has 0 fully saturated rings. The zero-order chi connectivity index (χ0) is 16.5. The van der Waals surface area contributed by atoms with Crippen molar-refractivity contribution in [2.75, 3.05) is 13.6 Å². The monoisotopic (exact) mass is 325 g/mol. The molecule has 0 aromatic heterocycles. The maximum atomic E-state index is 12.6. The van der Waals surface area contributed by atoms with Gasteiger partial charge < -0.3 is 5.11 Å². The van der Waals surface area contributed by atoms with Crippen LogP contribution in [0, 0.1) is 0 Å². The highest BCUT2D eigenvalue weighted by Crippen LogP contribution is 2.30. The van der Waals surface area contributed by atoms with Gasteiger partial charge in [-0.3, -0.25) is 0 Å². The maximum absolute atomic E-state index is 12.6. The van der Waals surface area contributed by atoms with Crippen molar-refractivity contribution < 1.29 is 26.7 Å². The van der Waals surface area contributed by atoms with E-state index >= 15 is 0 Å². The third-order valence-electron chi connectivity index (χ3n) is 2.69. The quantitative estimate of drug-likeness (QED) is 0.903. The number of sulfonamides is 1. The van der Waals surface area contributed by atoms with Gasteiger partial charge in [-0.1, -0.05) is 18.2 Å². The summed E-state index contributed by atoms with van der Waals surface area (Å²) in [5.74, 6) is -0.552. The molecule has 1 N–H and O–H groups in total. The second-order valence-corrected chi connectivity index (χ2v) is 7.60. The molecule has 120 valence electrons. The zero-order valence-corrected chi connectivity index (χ0v) is 12.8. The van der Waals surface area contributed by atoms with Crippen molar-refractivity contribution in [1.29, 1.82) is 0 Å². The van der Waals surface area contributed by atoms with E-state index < -0.39 is 33.1 Å². The standard InChI is InChI=1S/C13H18F3NO3S/c1-12(2,18)9-17(3)21(19,20)8-10-5-4-6-11(7-10)13(14,15)16/h4-7,18H,8-9H2,1-3H3. The fourth-order valence-corrected chi connectivity index (χ4v) is 3.14. The molecule has 21 heavy (non-hydrogen) atoms. The first-order valence-corrected chi connectivity index (χ1v) is 7.75. The fraction of sp³-hybridized carbons (Fsp3) is 0.538. The van der Waals surface area contributed by atoms with Crippen LogP contribution in [0.15, 0.2) is 24.3 Å². The Morgan fingerprint density at radius 1 is 1.24 bits per heavy atom. The maximum Gasteiger partial charge on any atom is 0.416 e. The normalized spacial score (nSPS) is 13.7. The molecule has 0 heterocycles. The van der Waals surface area contributed by atoms with Gasteiger partial charge in [-0.25, -0.2) is 12.7 Å². The number of hydrogen-bond donors (Lipinski definition) is 1. The summed E-state index contributed by atoms with van der Waals surface area (Å²) in [4.78, 5) is 0. The summed E-state index contributed by atoms with van der Waals surface area (Å²) in [5, 5.41) is 9.61. The Kier molecular flexibility index (Phi) is 5.07. The van der Waals surface area contributed by atoms with E-state index in [1.807, 2.05) is 0 Å². The molecule has 1 aromatic carbocycles. The number of aliphatic hydroxyl groups is 1. The lowest BCUT2D eigenvalue weighted by Crippen LogP contribution is -2.40. The van der Waals surface area contributed by atoms with E-state index in [0.717, 1.165) is 16.4 Å². The minimum absolute atomic E-state index is 0.0485. The van der Waals surface area contributed by atoms with Gasteiger partial charge >= 0.3 is 6.18 Å². The Labute approximate surface area is 122 Å². The highest BCUT2D eigenvalue weighted by molar-refractivity contribution is 7.88. The third-order valence-corrected chi connectivity index (χ3v) is 4.46. The van der Waals surface area contributed by atoms with E-state index in [2.05, 4.69) is 0 Å². The molecule has 0 bridgehead atoms. The SMILES string of the molecule is CN(CC(C)(C)O)S(=O)(=O)Cc1cccc(C(F)(F)F)c1. The Morgan fingerprint density at radius 2 is 1.81 bits per heavy atom. The van der Waals surface area contributed by atoms with Crippen molar-refractivity contribution in [3.8, 4) is 0 Å². The molecule has 0 amide bonds. The number of benzene rings is 1. The van der Waals surface area contributed by atoms with Gasteiger partial charge in [0.25, 0.3) is 0 Å². The van der Waals surface area contributed by atoms with Crippen molar-refractivity contribution in [1.82, 2.24) is 4.31 Å². The van der Waals surface area contributed by atoms with Crippen LogP contribution in [-0.2, 0) is 22.0 Å². The van der Waals surface area contributed by atoms with E-state index in [1.54, 1.807) is 0 Å². The van der Waals surface area contributed by atoms with E-state index in [9.17, 15) is 26.7 Å². The number of alkyl halides is 3. The topological polar surface area (TPSA) is 57.6 Å². The van der Waals surface area contributed by atoms with E-state index in [1.165, 1.54) is 33.0 Å². The Hall–Kier alpha value is -1.12. The van der Waals surface area contributed by atoms with Crippen LogP contribution in [0.1, 0.15) is 25.0 Å². The van der Waals surface area contributed by atoms with Crippen LogP contribution in [0.25, 0.3) is 0 Å². The van der Waals surface area contributed by atoms with Crippen LogP contribution in [0.2, 0.25) is 0 Å². The predicted molar refractivity (Wildman–Crippen MR) is 73.0 cm³/mol. The molecular formula is C13H18F3NO3S. The van der Waals surface area contributed by atoms with Crippen molar-refractivity contribution >= 4 is 10.0 Å². The molecular weight excluding hydrogens is 307 g/mol. The average Bonchev–Trinajstić information content (AvgIpc) is 2.25. The third kappa shape index (κ3) is 5.64. The molecule has 0 unspecified atom stereocenters. The van der Waals surface area contributed by atoms with Crippen LogP contribution in [0.5, 0.6) is 0 Å². The Bertz CT molecular complexity index is 591. The first-order valence-electron chi connectivity index (χ1n) is 6.14. The first kappa shape index (κ1) is 17.9. The predicted octanol–water partition coefficient (Wildman–Crippen LogP) is 2.24. The summed E-state index contributed by atoms with van der Waals surface area (Å²) in [7, 11) is -2.52. The minimum Gasteiger partial charge on any atom is -0.389 e. The summed E-state index contributed by atoms with van der Waals surface area (Å²) >= 11 is 0. The smallest absolute Gasteiger partial charge is 0.389 e. The van der Waals surface area contributed by atoms with Gasteiger partial charge in [0.1, 0.15) is 0 Å². The van der Waals surface area contributed by atoms with Crippen molar-refractivity contribution in [3.05, 3.63) is 35.4 Å². The second kappa shape index (κ2) is 5.94. The van der Waals surface area contributed by atoms with Gasteiger partial charge in [-0.15, -0.1) is 0 Å². The minimum atomic E-state index is -4.52. The number of halogens is 3. The highest BCUT2D eigenvalue weighted by atomic mass is 32.2. The highest BCUT2D eigenvalue weighted by Gasteiger charge is 2.31. The zero-order valence-electron chi connectivity index (χ0n) is 12.0. The molecule has 0 radical (unpaired) electrons. The van der Waals surface area contributed by atoms with Crippen LogP contribution >= 0.6 is 0 Å². The van der Waals surface area contributed by atoms with Crippen molar-refractivity contribution in [2.45, 2.75) is 31.4 Å². The molecule has 8 heteroatoms. The van der Waals surface area contributed by atoms with Gasteiger partial charge in [0, 0.05) is 13.6 Å². The Balaban J connectivity index is 2.95. The van der Waals surface area contributed by atoms with Crippen molar-refractivity contribution in [2.24, 2.45) is 0 Å². The van der Waals surface area contributed by atoms with Crippen LogP contribution < -0.4 is 0 Å². The lowest BCUT2D eigenvalue weighted by molar-refractivity contribution is -0.137. The largest absolute Gasteiger partial charge is 0.416 e. The van der Waals surface area contributed by atoms with E-state index in [-0.39, 0.29) is 12.1 Å². The summed E-state index contributed by atoms with van der Waals surface area (Å²) < 4.78 is 62.8. The van der Waals surface area contributed by atoms with Gasteiger partial charge in [0.05, 0.1) is 16.9 Å². The summed E-state index contributed by atoms with van der Waals surface area (Å²) in [6.45, 7) is 2.75. The van der Waals surface area contributed by atoms with Gasteiger partial charge in [0.2, 0.25) is 10.0 Å². The van der Waals surface area contributed by atoms with E-state index in [0.29, 0.717) is 0 Å². The average molecular weight is 325 g/mol. The molecule has 0 atom stereocenters. The van der Waals surface area contributed by atoms with Crippen LogP contribution in [0.4, 0.5) is 13.2 Å². The second-order valence-electron chi connectivity index (χ2n) is 5.52. The molecule has 4 nitrogen and oxygen atoms in total. The van der Waals surface area contributed by atoms with Gasteiger partial charge in [-0.05, 0) is 25.5 Å². The van der Waals surface area contributed by atoms with Gasteiger partial charge in [0.15, 0.2) is 0 Å². The summed E-state index contributed by atoms with van der Waals surface area (Å²) in [5.41, 5.74) is -2.07. The number of likely N-dealkylation sites (N-methyl/N-ethyl adjacent to an activating group) is 1. The number of hydrogen-bond acceptors (Lipinski definition) is 3. The van der Waals surface area contributed by atoms with Crippen LogP contribution in [-0.4, -0.2) is 37.0 Å². The molecule has 0 aliphatic rings. The summed E-state index contributed by atoms with van der Waals surface area (Å²) in [6, 6.07) is 4.19. The Morgan fingerprint density at radius 3 is 2.29 bits per heavy atom. The molecule has 0 spiro atoms. The van der Waals surface area contributed by atoms with Gasteiger partial charge in [-0.2, -0.15) is 13.2 Å². The van der Waals surface area contributed by atoms with Crippen LogP contribution in [0.3, 0.4) is 0 Å². The lowest BCUT2D eigenvalue weighted by Gasteiger charge is -2.25. The molecule has 0 saturated heterocycles. The molecule has 0 aliphatic carbocycles. The first-order chi connectivity index (χ1) is 9.31. The molecule has 0 saturated carbocycles. The fourth-order valence-electron chi connectivity index (χ4n) is 1.80. The summed E-state index contributed by atoms with van der Waals surface area (Å²) in [6.07, 6.45) is -4.52. The molecule has 0 aliphatic heterocycles. The van der Waals surface area contributed by atoms with E-state index in [4.69, 9.17) is 0 Å². The molecule has 1 aromatic rings. The molecule has 1 rings (SSSR count). The number of rotatable bonds is 5.